The number of aryl methyl sites for hydroxylation is 1. The molecule has 2 heterocycles. The number of rotatable bonds is 7. The molecule has 16 heteroatoms. The van der Waals surface area contributed by atoms with E-state index in [9.17, 15) is 45.9 Å². The van der Waals surface area contributed by atoms with Crippen molar-refractivity contribution in [2.75, 3.05) is 19.7 Å². The third kappa shape index (κ3) is 6.05. The number of benzene rings is 3. The van der Waals surface area contributed by atoms with E-state index >= 15 is 0 Å². The molecule has 1 aliphatic heterocycles. The molecule has 1 saturated heterocycles. The van der Waals surface area contributed by atoms with Crippen molar-refractivity contribution in [1.29, 1.82) is 0 Å². The number of hydrogen-bond acceptors (Lipinski definition) is 7. The summed E-state index contributed by atoms with van der Waals surface area (Å²) in [6.45, 7) is 0.147. The van der Waals surface area contributed by atoms with E-state index in [4.69, 9.17) is 4.74 Å². The average Bonchev–Trinajstić information content (AvgIpc) is 3.68. The van der Waals surface area contributed by atoms with Crippen molar-refractivity contribution in [2.45, 2.75) is 31.3 Å². The highest BCUT2D eigenvalue weighted by Gasteiger charge is 2.43. The summed E-state index contributed by atoms with van der Waals surface area (Å²) in [5.74, 6) is -16.7. The predicted octanol–water partition coefficient (Wildman–Crippen LogP) is 3.83. The van der Waals surface area contributed by atoms with Crippen molar-refractivity contribution in [2.24, 2.45) is 0 Å². The molecule has 2 amide bonds. The molecule has 1 aromatic heterocycles. The fourth-order valence-corrected chi connectivity index (χ4v) is 6.11. The van der Waals surface area contributed by atoms with Crippen molar-refractivity contribution in [3.63, 3.8) is 0 Å². The van der Waals surface area contributed by atoms with Gasteiger partial charge in [0, 0.05) is 30.6 Å². The molecule has 49 heavy (non-hydrogen) atoms. The molecule has 2 N–H and O–H groups in total. The lowest BCUT2D eigenvalue weighted by Gasteiger charge is -2.23. The maximum atomic E-state index is 14.3. The number of amides is 2. The van der Waals surface area contributed by atoms with Crippen LogP contribution in [0.4, 0.5) is 26.7 Å². The number of esters is 1. The van der Waals surface area contributed by atoms with Crippen LogP contribution in [-0.4, -0.2) is 58.2 Å². The summed E-state index contributed by atoms with van der Waals surface area (Å²) in [5, 5.41) is 2.28. The van der Waals surface area contributed by atoms with Gasteiger partial charge in [0.1, 0.15) is 19.2 Å². The van der Waals surface area contributed by atoms with Crippen LogP contribution in [0.1, 0.15) is 35.1 Å². The van der Waals surface area contributed by atoms with Crippen LogP contribution >= 0.6 is 0 Å². The molecule has 11 nitrogen and oxygen atoms in total. The summed E-state index contributed by atoms with van der Waals surface area (Å²) in [7, 11) is 0. The Bertz CT molecular complexity index is 2060. The zero-order valence-electron chi connectivity index (χ0n) is 25.4. The Kier molecular flexibility index (Phi) is 8.79. The maximum absolute atomic E-state index is 14.3. The number of aromatic amines is 1. The molecule has 2 aliphatic rings. The fourth-order valence-electron chi connectivity index (χ4n) is 6.11. The first-order valence-electron chi connectivity index (χ1n) is 14.8. The first-order valence-corrected chi connectivity index (χ1v) is 14.8. The van der Waals surface area contributed by atoms with Crippen LogP contribution in [0, 0.1) is 36.0 Å². The number of ether oxygens (including phenoxy) is 2. The van der Waals surface area contributed by atoms with Gasteiger partial charge < -0.3 is 19.7 Å². The van der Waals surface area contributed by atoms with Gasteiger partial charge >= 0.3 is 17.8 Å². The average molecular weight is 685 g/mol. The van der Waals surface area contributed by atoms with E-state index < -0.39 is 95.6 Å². The second-order valence-corrected chi connectivity index (χ2v) is 11.4. The summed E-state index contributed by atoms with van der Waals surface area (Å²) in [6, 6.07) is 12.5. The number of carbonyl (C=O) groups excluding carboxylic acids is 3. The first kappa shape index (κ1) is 33.1. The Morgan fingerprint density at radius 1 is 0.878 bits per heavy atom. The van der Waals surface area contributed by atoms with Gasteiger partial charge in [-0.1, -0.05) is 48.5 Å². The van der Waals surface area contributed by atoms with Crippen LogP contribution < -0.4 is 21.3 Å². The Labute approximate surface area is 272 Å². The van der Waals surface area contributed by atoms with E-state index in [2.05, 4.69) is 15.0 Å². The number of hydrogen-bond donors (Lipinski definition) is 2. The van der Waals surface area contributed by atoms with Crippen LogP contribution in [-0.2, 0) is 14.3 Å². The van der Waals surface area contributed by atoms with Crippen LogP contribution in [0.15, 0.2) is 64.3 Å². The van der Waals surface area contributed by atoms with Gasteiger partial charge in [-0.25, -0.2) is 27.6 Å². The number of fused-ring (bicyclic) bond motifs is 3. The van der Waals surface area contributed by atoms with E-state index in [0.717, 1.165) is 31.7 Å². The molecule has 0 saturated carbocycles. The summed E-state index contributed by atoms with van der Waals surface area (Å²) in [6.07, 6.45) is -0.253. The van der Waals surface area contributed by atoms with Gasteiger partial charge in [0.25, 0.3) is 5.56 Å². The summed E-state index contributed by atoms with van der Waals surface area (Å²) < 4.78 is 80.8. The Hall–Kier alpha value is -5.80. The molecule has 6 rings (SSSR count). The monoisotopic (exact) mass is 684 g/mol. The molecule has 0 radical (unpaired) electrons. The molecule has 2 atom stereocenters. The second-order valence-electron chi connectivity index (χ2n) is 11.4. The minimum Gasteiger partial charge on any atom is -0.449 e. The van der Waals surface area contributed by atoms with E-state index in [0.29, 0.717) is 0 Å². The molecule has 4 aromatic rings. The second kappa shape index (κ2) is 13.0. The number of nitrogens with zero attached hydrogens (tertiary/aromatic N) is 2. The summed E-state index contributed by atoms with van der Waals surface area (Å²) in [4.78, 5) is 66.6. The lowest BCUT2D eigenvalue weighted by Crippen LogP contribution is -2.47. The number of halogens is 5. The number of H-pyrrole nitrogens is 1. The number of aromatic nitrogens is 2. The molecule has 1 aliphatic carbocycles. The van der Waals surface area contributed by atoms with Crippen LogP contribution in [0.2, 0.25) is 0 Å². The minimum atomic E-state index is -2.47. The third-order valence-corrected chi connectivity index (χ3v) is 8.51. The zero-order valence-corrected chi connectivity index (χ0v) is 25.4. The smallest absolute Gasteiger partial charge is 0.407 e. The Balaban J connectivity index is 1.18. The summed E-state index contributed by atoms with van der Waals surface area (Å²) >= 11 is 0. The van der Waals surface area contributed by atoms with Crippen LogP contribution in [0.25, 0.3) is 11.1 Å². The molecular formula is C33H25F5N4O7. The zero-order chi connectivity index (χ0) is 35.1. The molecule has 254 valence electrons. The number of alkyl carbamates (subject to hydrolysis) is 1. The molecule has 0 spiro atoms. The predicted molar refractivity (Wildman–Crippen MR) is 160 cm³/mol. The van der Waals surface area contributed by atoms with E-state index in [1.807, 2.05) is 48.5 Å². The Morgan fingerprint density at radius 2 is 1.45 bits per heavy atom. The number of carbonyl (C=O) groups is 3. The van der Waals surface area contributed by atoms with Crippen molar-refractivity contribution >= 4 is 18.0 Å². The largest absolute Gasteiger partial charge is 0.449 e. The number of likely N-dealkylation sites (tertiary alicyclic amines) is 1. The normalized spacial score (nSPS) is 16.7. The lowest BCUT2D eigenvalue weighted by atomic mass is 9.98. The highest BCUT2D eigenvalue weighted by Crippen LogP contribution is 2.44. The molecule has 0 bridgehead atoms. The van der Waals surface area contributed by atoms with Crippen LogP contribution in [0.3, 0.4) is 0 Å². The topological polar surface area (TPSA) is 140 Å². The van der Waals surface area contributed by atoms with Gasteiger partial charge in [-0.15, -0.1) is 0 Å². The highest BCUT2D eigenvalue weighted by atomic mass is 19.2. The fraction of sp³-hybridized carbons (Fsp3) is 0.242. The molecule has 3 aromatic carbocycles. The van der Waals surface area contributed by atoms with Crippen molar-refractivity contribution in [3.8, 4) is 16.9 Å². The maximum Gasteiger partial charge on any atom is 0.407 e. The molecule has 1 fully saturated rings. The third-order valence-electron chi connectivity index (χ3n) is 8.51. The van der Waals surface area contributed by atoms with Gasteiger partial charge in [0.15, 0.2) is 0 Å². The molecular weight excluding hydrogens is 659 g/mol. The highest BCUT2D eigenvalue weighted by molar-refractivity contribution is 5.89. The van der Waals surface area contributed by atoms with E-state index in [-0.39, 0.29) is 18.1 Å². The summed E-state index contributed by atoms with van der Waals surface area (Å²) in [5.41, 5.74) is 2.37. The lowest BCUT2D eigenvalue weighted by molar-refractivity contribution is -0.146. The van der Waals surface area contributed by atoms with Crippen LogP contribution in [0.5, 0.6) is 5.75 Å². The van der Waals surface area contributed by atoms with Crippen molar-refractivity contribution in [3.05, 3.63) is 121 Å². The Morgan fingerprint density at radius 3 is 2.06 bits per heavy atom. The standard InChI is InChI=1S/C33H25F5N4O7/c1-15-12-41(32(46)40-30(15)44)16-10-22(31(45)49-29-27(37)25(35)24(34)26(36)28(29)38)42(13-16)23(43)11-39-33(47)48-14-21-19-8-4-2-6-17(19)18-7-3-5-9-20(18)21/h2-9,12,16,21-22H,10-11,13-14H2,1H3,(H,39,47)(H,40,44,46)/t16-,22-/m1/s1. The molecule has 0 unspecified atom stereocenters. The van der Waals surface area contributed by atoms with Gasteiger partial charge in [0.2, 0.25) is 40.7 Å². The van der Waals surface area contributed by atoms with Gasteiger partial charge in [-0.05, 0) is 29.2 Å². The first-order chi connectivity index (χ1) is 23.4. The van der Waals surface area contributed by atoms with E-state index in [1.54, 1.807) is 0 Å². The van der Waals surface area contributed by atoms with E-state index in [1.165, 1.54) is 13.1 Å². The van der Waals surface area contributed by atoms with Gasteiger partial charge in [0.05, 0.1) is 6.04 Å². The van der Waals surface area contributed by atoms with Crippen molar-refractivity contribution in [1.82, 2.24) is 19.8 Å². The SMILES string of the molecule is Cc1cn([C@@H]2C[C@H](C(=O)Oc3c(F)c(F)c(F)c(F)c3F)N(C(=O)CNC(=O)OCC3c4ccccc4-c4ccccc43)C2)c(=O)[nH]c1=O. The number of nitrogens with one attached hydrogen (secondary N) is 2. The quantitative estimate of drug-likeness (QED) is 0.0992. The minimum absolute atomic E-state index is 0.0782. The van der Waals surface area contributed by atoms with Gasteiger partial charge in [-0.2, -0.15) is 8.78 Å². The van der Waals surface area contributed by atoms with Gasteiger partial charge in [-0.3, -0.25) is 19.1 Å². The van der Waals surface area contributed by atoms with Crippen molar-refractivity contribution < 1.29 is 45.8 Å².